The van der Waals surface area contributed by atoms with E-state index in [4.69, 9.17) is 23.2 Å². The van der Waals surface area contributed by atoms with Crippen LogP contribution < -0.4 is 10.2 Å². The number of para-hydroxylation sites is 1. The minimum atomic E-state index is -0.549. The highest BCUT2D eigenvalue weighted by atomic mass is 35.5. The predicted molar refractivity (Wildman–Crippen MR) is 111 cm³/mol. The van der Waals surface area contributed by atoms with Crippen molar-refractivity contribution in [2.45, 2.75) is 29.4 Å². The van der Waals surface area contributed by atoms with Crippen molar-refractivity contribution in [3.63, 3.8) is 0 Å². The molecule has 1 N–H and O–H groups in total. The van der Waals surface area contributed by atoms with Gasteiger partial charge >= 0.3 is 0 Å². The number of halogens is 2. The second-order valence-electron chi connectivity index (χ2n) is 6.74. The molecule has 2 aromatic rings. The van der Waals surface area contributed by atoms with Gasteiger partial charge in [0.1, 0.15) is 0 Å². The molecular weight excluding hydrogens is 419 g/mol. The summed E-state index contributed by atoms with van der Waals surface area (Å²) in [5.41, 5.74) is 0.960. The van der Waals surface area contributed by atoms with Crippen LogP contribution in [0.4, 0.5) is 11.4 Å². The summed E-state index contributed by atoms with van der Waals surface area (Å²) in [6.45, 7) is 0. The molecule has 0 bridgehead atoms. The average molecular weight is 435 g/mol. The molecule has 2 aliphatic rings. The zero-order valence-corrected chi connectivity index (χ0v) is 17.0. The van der Waals surface area contributed by atoms with Crippen LogP contribution in [0.5, 0.6) is 0 Å². The summed E-state index contributed by atoms with van der Waals surface area (Å²) < 4.78 is 0. The van der Waals surface area contributed by atoms with Gasteiger partial charge in [0.15, 0.2) is 0 Å². The van der Waals surface area contributed by atoms with Crippen molar-refractivity contribution in [1.82, 2.24) is 0 Å². The van der Waals surface area contributed by atoms with Gasteiger partial charge in [0.05, 0.1) is 21.0 Å². The van der Waals surface area contributed by atoms with Gasteiger partial charge in [-0.25, -0.2) is 4.90 Å². The third-order valence-corrected chi connectivity index (χ3v) is 6.42. The van der Waals surface area contributed by atoms with Crippen molar-refractivity contribution >= 4 is 64.1 Å². The van der Waals surface area contributed by atoms with Gasteiger partial charge in [-0.15, -0.1) is 11.8 Å². The summed E-state index contributed by atoms with van der Waals surface area (Å²) in [6, 6.07) is 12.1. The van der Waals surface area contributed by atoms with Crippen molar-refractivity contribution in [1.29, 1.82) is 0 Å². The number of carbonyl (C=O) groups excluding carboxylic acids is 3. The van der Waals surface area contributed by atoms with E-state index < -0.39 is 5.25 Å². The lowest BCUT2D eigenvalue weighted by Gasteiger charge is -2.17. The quantitative estimate of drug-likeness (QED) is 0.688. The van der Waals surface area contributed by atoms with Crippen molar-refractivity contribution in [2.24, 2.45) is 5.92 Å². The number of imide groups is 1. The van der Waals surface area contributed by atoms with E-state index in [0.717, 1.165) is 28.3 Å². The molecule has 1 heterocycles. The number of amides is 3. The number of benzene rings is 2. The SMILES string of the molecule is O=C(Nc1ccc(S[C@@H]2CC(=O)N(c3c(Cl)cccc3Cl)C2=O)cc1)C1CC1. The first kappa shape index (κ1) is 19.3. The van der Waals surface area contributed by atoms with Crippen LogP contribution in [-0.2, 0) is 14.4 Å². The Balaban J connectivity index is 1.46. The summed E-state index contributed by atoms with van der Waals surface area (Å²) in [4.78, 5) is 39.0. The molecule has 0 unspecified atom stereocenters. The van der Waals surface area contributed by atoms with Gasteiger partial charge < -0.3 is 5.32 Å². The van der Waals surface area contributed by atoms with E-state index >= 15 is 0 Å². The standard InChI is InChI=1S/C20H16Cl2N2O3S/c21-14-2-1-3-15(22)18(14)24-17(25)10-16(20(24)27)28-13-8-6-12(7-9-13)23-19(26)11-4-5-11/h1-3,6-9,11,16H,4-5,10H2,(H,23,26)/t16-/m1/s1. The lowest BCUT2D eigenvalue weighted by Crippen LogP contribution is -2.31. The number of nitrogens with one attached hydrogen (secondary N) is 1. The lowest BCUT2D eigenvalue weighted by molar-refractivity contribution is -0.121. The van der Waals surface area contributed by atoms with Crippen LogP contribution in [-0.4, -0.2) is 23.0 Å². The highest BCUT2D eigenvalue weighted by molar-refractivity contribution is 8.00. The second kappa shape index (κ2) is 7.78. The fourth-order valence-corrected chi connectivity index (χ4v) is 4.63. The molecule has 144 valence electrons. The van der Waals surface area contributed by atoms with E-state index in [1.807, 2.05) is 12.1 Å². The number of hydrogen-bond donors (Lipinski definition) is 1. The van der Waals surface area contributed by atoms with E-state index in [-0.39, 0.29) is 45.8 Å². The van der Waals surface area contributed by atoms with Gasteiger partial charge in [-0.1, -0.05) is 29.3 Å². The first-order chi connectivity index (χ1) is 13.4. The molecule has 3 amide bonds. The number of carbonyl (C=O) groups is 3. The van der Waals surface area contributed by atoms with E-state index in [1.165, 1.54) is 11.8 Å². The minimum Gasteiger partial charge on any atom is -0.326 e. The summed E-state index contributed by atoms with van der Waals surface area (Å²) in [5, 5.41) is 2.85. The van der Waals surface area contributed by atoms with Crippen LogP contribution >= 0.6 is 35.0 Å². The highest BCUT2D eigenvalue weighted by Gasteiger charge is 2.41. The third-order valence-electron chi connectivity index (χ3n) is 4.61. The number of hydrogen-bond acceptors (Lipinski definition) is 4. The Morgan fingerprint density at radius 2 is 1.68 bits per heavy atom. The maximum absolute atomic E-state index is 12.8. The maximum atomic E-state index is 12.8. The summed E-state index contributed by atoms with van der Waals surface area (Å²) in [7, 11) is 0. The topological polar surface area (TPSA) is 66.5 Å². The predicted octanol–water partition coefficient (Wildman–Crippen LogP) is 4.77. The van der Waals surface area contributed by atoms with Crippen LogP contribution in [0, 0.1) is 5.92 Å². The van der Waals surface area contributed by atoms with Crippen molar-refractivity contribution in [3.05, 3.63) is 52.5 Å². The lowest BCUT2D eigenvalue weighted by atomic mass is 10.3. The summed E-state index contributed by atoms with van der Waals surface area (Å²) in [5.74, 6) is -0.482. The molecular formula is C20H16Cl2N2O3S. The molecule has 1 saturated carbocycles. The Hall–Kier alpha value is -2.02. The largest absolute Gasteiger partial charge is 0.326 e. The summed E-state index contributed by atoms with van der Waals surface area (Å²) in [6.07, 6.45) is 1.97. The van der Waals surface area contributed by atoms with Crippen LogP contribution in [0.15, 0.2) is 47.4 Å². The maximum Gasteiger partial charge on any atom is 0.247 e. The van der Waals surface area contributed by atoms with Gasteiger partial charge in [-0.3, -0.25) is 14.4 Å². The Labute approximate surface area is 176 Å². The van der Waals surface area contributed by atoms with Crippen molar-refractivity contribution in [2.75, 3.05) is 10.2 Å². The molecule has 1 atom stereocenters. The molecule has 8 heteroatoms. The fourth-order valence-electron chi connectivity index (χ4n) is 3.00. The fraction of sp³-hybridized carbons (Fsp3) is 0.250. The van der Waals surface area contributed by atoms with Crippen LogP contribution in [0.3, 0.4) is 0 Å². The van der Waals surface area contributed by atoms with Crippen molar-refractivity contribution in [3.8, 4) is 0 Å². The number of nitrogens with zero attached hydrogens (tertiary/aromatic N) is 1. The average Bonchev–Trinajstić information content (AvgIpc) is 3.47. The highest BCUT2D eigenvalue weighted by Crippen LogP contribution is 2.40. The number of anilines is 2. The van der Waals surface area contributed by atoms with Crippen LogP contribution in [0.2, 0.25) is 10.0 Å². The first-order valence-corrected chi connectivity index (χ1v) is 10.5. The van der Waals surface area contributed by atoms with Gasteiger partial charge in [-0.05, 0) is 49.2 Å². The van der Waals surface area contributed by atoms with Gasteiger partial charge in [0.25, 0.3) is 0 Å². The molecule has 0 spiro atoms. The van der Waals surface area contributed by atoms with E-state index in [2.05, 4.69) is 5.32 Å². The molecule has 1 aliphatic heterocycles. The Morgan fingerprint density at radius 3 is 2.29 bits per heavy atom. The van der Waals surface area contributed by atoms with Crippen molar-refractivity contribution < 1.29 is 14.4 Å². The van der Waals surface area contributed by atoms with Crippen LogP contribution in [0.1, 0.15) is 19.3 Å². The van der Waals surface area contributed by atoms with E-state index in [9.17, 15) is 14.4 Å². The summed E-state index contributed by atoms with van der Waals surface area (Å²) >= 11 is 13.6. The smallest absolute Gasteiger partial charge is 0.247 e. The van der Waals surface area contributed by atoms with Gasteiger partial charge in [0, 0.05) is 22.9 Å². The molecule has 2 fully saturated rings. The van der Waals surface area contributed by atoms with E-state index in [0.29, 0.717) is 0 Å². The Morgan fingerprint density at radius 1 is 1.04 bits per heavy atom. The molecule has 1 saturated heterocycles. The molecule has 1 aliphatic carbocycles. The third kappa shape index (κ3) is 3.90. The van der Waals surface area contributed by atoms with Crippen LogP contribution in [0.25, 0.3) is 0 Å². The normalized spacial score (nSPS) is 19.2. The zero-order valence-electron chi connectivity index (χ0n) is 14.7. The number of thioether (sulfide) groups is 1. The second-order valence-corrected chi connectivity index (χ2v) is 8.83. The number of rotatable bonds is 5. The molecule has 5 nitrogen and oxygen atoms in total. The monoisotopic (exact) mass is 434 g/mol. The Kier molecular flexibility index (Phi) is 5.36. The molecule has 4 rings (SSSR count). The molecule has 0 radical (unpaired) electrons. The first-order valence-electron chi connectivity index (χ1n) is 8.82. The minimum absolute atomic E-state index is 0.0456. The van der Waals surface area contributed by atoms with E-state index in [1.54, 1.807) is 30.3 Å². The van der Waals surface area contributed by atoms with Gasteiger partial charge in [0.2, 0.25) is 17.7 Å². The Bertz CT molecular complexity index is 940. The molecule has 2 aromatic carbocycles. The molecule has 28 heavy (non-hydrogen) atoms. The van der Waals surface area contributed by atoms with Gasteiger partial charge in [-0.2, -0.15) is 0 Å². The zero-order chi connectivity index (χ0) is 19.8. The molecule has 0 aromatic heterocycles.